The zero-order chi connectivity index (χ0) is 16.7. The van der Waals surface area contributed by atoms with Gasteiger partial charge in [-0.05, 0) is 56.3 Å². The number of hydrogen-bond donors (Lipinski definition) is 2. The lowest BCUT2D eigenvalue weighted by atomic mass is 9.84. The van der Waals surface area contributed by atoms with E-state index >= 15 is 0 Å². The largest absolute Gasteiger partial charge is 0.491 e. The van der Waals surface area contributed by atoms with Gasteiger partial charge in [0.2, 0.25) is 5.91 Å². The van der Waals surface area contributed by atoms with E-state index in [0.29, 0.717) is 36.3 Å². The highest BCUT2D eigenvalue weighted by Gasteiger charge is 2.22. The predicted octanol–water partition coefficient (Wildman–Crippen LogP) is 4.00. The standard InChI is InChI=1S/C18H27FN2O2.ClH/c1-3-10-23-17-12-15(19)4-5-16(17)21-18(22)11-13(2)14-6-8-20-9-7-14;/h4-5,12-14,20H,3,6-11H2,1-2H3,(H,21,22);1H. The van der Waals surface area contributed by atoms with Crippen molar-refractivity contribution in [2.45, 2.75) is 39.5 Å². The summed E-state index contributed by atoms with van der Waals surface area (Å²) in [5.74, 6) is 0.930. The maximum Gasteiger partial charge on any atom is 0.224 e. The number of rotatable bonds is 7. The monoisotopic (exact) mass is 358 g/mol. The molecule has 1 saturated heterocycles. The van der Waals surface area contributed by atoms with Crippen LogP contribution in [0.15, 0.2) is 18.2 Å². The van der Waals surface area contributed by atoms with Crippen molar-refractivity contribution in [2.75, 3.05) is 25.0 Å². The number of benzene rings is 1. The number of carbonyl (C=O) groups excluding carboxylic acids is 1. The number of halogens is 2. The molecule has 1 fully saturated rings. The van der Waals surface area contributed by atoms with Gasteiger partial charge in [-0.15, -0.1) is 12.4 Å². The molecule has 1 unspecified atom stereocenters. The molecule has 0 spiro atoms. The summed E-state index contributed by atoms with van der Waals surface area (Å²) in [4.78, 5) is 12.3. The Hall–Kier alpha value is -1.33. The molecule has 0 radical (unpaired) electrons. The maximum absolute atomic E-state index is 13.4. The molecule has 1 atom stereocenters. The van der Waals surface area contributed by atoms with Gasteiger partial charge in [0.1, 0.15) is 11.6 Å². The molecule has 1 heterocycles. The van der Waals surface area contributed by atoms with Crippen LogP contribution in [0.2, 0.25) is 0 Å². The Balaban J connectivity index is 0.00000288. The van der Waals surface area contributed by atoms with Crippen molar-refractivity contribution in [2.24, 2.45) is 11.8 Å². The van der Waals surface area contributed by atoms with Crippen molar-refractivity contribution >= 4 is 24.0 Å². The highest BCUT2D eigenvalue weighted by atomic mass is 35.5. The fraction of sp³-hybridized carbons (Fsp3) is 0.611. The van der Waals surface area contributed by atoms with E-state index in [1.807, 2.05) is 6.92 Å². The van der Waals surface area contributed by atoms with Gasteiger partial charge < -0.3 is 15.4 Å². The van der Waals surface area contributed by atoms with Gasteiger partial charge in [-0.1, -0.05) is 13.8 Å². The molecule has 1 aliphatic heterocycles. The molecular formula is C18H28ClFN2O2. The molecule has 0 saturated carbocycles. The van der Waals surface area contributed by atoms with Crippen molar-refractivity contribution in [1.29, 1.82) is 0 Å². The Morgan fingerprint density at radius 3 is 2.79 bits per heavy atom. The molecule has 136 valence electrons. The van der Waals surface area contributed by atoms with Crippen molar-refractivity contribution in [3.8, 4) is 5.75 Å². The molecule has 1 amide bonds. The average molecular weight is 359 g/mol. The number of hydrogen-bond acceptors (Lipinski definition) is 3. The molecule has 4 nitrogen and oxygen atoms in total. The third-order valence-corrected chi connectivity index (χ3v) is 4.38. The molecular weight excluding hydrogens is 331 g/mol. The number of anilines is 1. The second kappa shape index (κ2) is 10.5. The Morgan fingerprint density at radius 1 is 1.42 bits per heavy atom. The Kier molecular flexibility index (Phi) is 9.08. The molecule has 0 bridgehead atoms. The van der Waals surface area contributed by atoms with Gasteiger partial charge in [0, 0.05) is 12.5 Å². The van der Waals surface area contributed by atoms with Gasteiger partial charge in [-0.2, -0.15) is 0 Å². The second-order valence-corrected chi connectivity index (χ2v) is 6.31. The fourth-order valence-corrected chi connectivity index (χ4v) is 3.00. The first-order valence-corrected chi connectivity index (χ1v) is 8.53. The van der Waals surface area contributed by atoms with Gasteiger partial charge in [0.05, 0.1) is 12.3 Å². The zero-order valence-corrected chi connectivity index (χ0v) is 15.3. The van der Waals surface area contributed by atoms with E-state index in [2.05, 4.69) is 17.6 Å². The Labute approximate surface area is 149 Å². The fourth-order valence-electron chi connectivity index (χ4n) is 3.00. The van der Waals surface area contributed by atoms with Crippen LogP contribution in [-0.4, -0.2) is 25.6 Å². The first kappa shape index (κ1) is 20.7. The number of amides is 1. The summed E-state index contributed by atoms with van der Waals surface area (Å²) in [6, 6.07) is 4.22. The lowest BCUT2D eigenvalue weighted by Gasteiger charge is -2.28. The molecule has 0 aliphatic carbocycles. The predicted molar refractivity (Wildman–Crippen MR) is 97.4 cm³/mol. The molecule has 1 aromatic rings. The van der Waals surface area contributed by atoms with Gasteiger partial charge in [0.25, 0.3) is 0 Å². The van der Waals surface area contributed by atoms with Gasteiger partial charge in [0.15, 0.2) is 0 Å². The van der Waals surface area contributed by atoms with Crippen LogP contribution in [0.25, 0.3) is 0 Å². The van der Waals surface area contributed by atoms with Crippen LogP contribution in [0, 0.1) is 17.7 Å². The number of nitrogens with one attached hydrogen (secondary N) is 2. The average Bonchev–Trinajstić information content (AvgIpc) is 2.55. The molecule has 2 rings (SSSR count). The minimum atomic E-state index is -0.364. The summed E-state index contributed by atoms with van der Waals surface area (Å²) < 4.78 is 18.9. The number of piperidine rings is 1. The zero-order valence-electron chi connectivity index (χ0n) is 14.4. The number of ether oxygens (including phenoxy) is 1. The maximum atomic E-state index is 13.4. The molecule has 2 N–H and O–H groups in total. The van der Waals surface area contributed by atoms with Gasteiger partial charge in [-0.25, -0.2) is 4.39 Å². The smallest absolute Gasteiger partial charge is 0.224 e. The molecule has 24 heavy (non-hydrogen) atoms. The quantitative estimate of drug-likeness (QED) is 0.774. The van der Waals surface area contributed by atoms with E-state index in [9.17, 15) is 9.18 Å². The Morgan fingerprint density at radius 2 is 2.12 bits per heavy atom. The lowest BCUT2D eigenvalue weighted by Crippen LogP contribution is -2.32. The minimum absolute atomic E-state index is 0. The highest BCUT2D eigenvalue weighted by molar-refractivity contribution is 5.92. The van der Waals surface area contributed by atoms with E-state index in [1.54, 1.807) is 6.07 Å². The molecule has 0 aromatic heterocycles. The Bertz CT molecular complexity index is 522. The van der Waals surface area contributed by atoms with Crippen molar-refractivity contribution < 1.29 is 13.9 Å². The van der Waals surface area contributed by atoms with Crippen molar-refractivity contribution in [1.82, 2.24) is 5.32 Å². The SMILES string of the molecule is CCCOc1cc(F)ccc1NC(=O)CC(C)C1CCNCC1.Cl. The van der Waals surface area contributed by atoms with Crippen LogP contribution in [0.5, 0.6) is 5.75 Å². The van der Waals surface area contributed by atoms with Crippen LogP contribution < -0.4 is 15.4 Å². The van der Waals surface area contributed by atoms with E-state index in [-0.39, 0.29) is 24.1 Å². The first-order valence-electron chi connectivity index (χ1n) is 8.53. The third kappa shape index (κ3) is 6.29. The van der Waals surface area contributed by atoms with E-state index in [1.165, 1.54) is 12.1 Å². The first-order chi connectivity index (χ1) is 11.1. The van der Waals surface area contributed by atoms with E-state index < -0.39 is 0 Å². The van der Waals surface area contributed by atoms with Gasteiger partial charge >= 0.3 is 0 Å². The van der Waals surface area contributed by atoms with Gasteiger partial charge in [-0.3, -0.25) is 4.79 Å². The van der Waals surface area contributed by atoms with Crippen molar-refractivity contribution in [3.63, 3.8) is 0 Å². The molecule has 1 aliphatic rings. The summed E-state index contributed by atoms with van der Waals surface area (Å²) >= 11 is 0. The molecule has 1 aromatic carbocycles. The lowest BCUT2D eigenvalue weighted by molar-refractivity contribution is -0.117. The second-order valence-electron chi connectivity index (χ2n) is 6.31. The number of carbonyl (C=O) groups is 1. The topological polar surface area (TPSA) is 50.4 Å². The minimum Gasteiger partial charge on any atom is -0.491 e. The van der Waals surface area contributed by atoms with Crippen LogP contribution in [0.3, 0.4) is 0 Å². The van der Waals surface area contributed by atoms with Crippen LogP contribution in [-0.2, 0) is 4.79 Å². The summed E-state index contributed by atoms with van der Waals surface area (Å²) in [6.45, 7) is 6.68. The van der Waals surface area contributed by atoms with E-state index in [4.69, 9.17) is 4.74 Å². The normalized spacial score (nSPS) is 16.1. The third-order valence-electron chi connectivity index (χ3n) is 4.38. The summed E-state index contributed by atoms with van der Waals surface area (Å²) in [5, 5.41) is 6.21. The summed E-state index contributed by atoms with van der Waals surface area (Å²) in [7, 11) is 0. The highest BCUT2D eigenvalue weighted by Crippen LogP contribution is 2.28. The van der Waals surface area contributed by atoms with Crippen LogP contribution >= 0.6 is 12.4 Å². The van der Waals surface area contributed by atoms with Crippen molar-refractivity contribution in [3.05, 3.63) is 24.0 Å². The van der Waals surface area contributed by atoms with E-state index in [0.717, 1.165) is 32.4 Å². The van der Waals surface area contributed by atoms with Crippen LogP contribution in [0.1, 0.15) is 39.5 Å². The summed E-state index contributed by atoms with van der Waals surface area (Å²) in [5.41, 5.74) is 0.544. The molecule has 6 heteroatoms. The van der Waals surface area contributed by atoms with Crippen LogP contribution in [0.4, 0.5) is 10.1 Å². The summed E-state index contributed by atoms with van der Waals surface area (Å²) in [6.07, 6.45) is 3.55.